The van der Waals surface area contributed by atoms with E-state index in [1.807, 2.05) is 0 Å². The van der Waals surface area contributed by atoms with E-state index in [-0.39, 0.29) is 29.0 Å². The molecule has 0 amide bonds. The number of epoxide rings is 1. The highest BCUT2D eigenvalue weighted by molar-refractivity contribution is 5.75. The zero-order valence-corrected chi connectivity index (χ0v) is 16.2. The third-order valence-electron chi connectivity index (χ3n) is 8.37. The summed E-state index contributed by atoms with van der Waals surface area (Å²) in [5.74, 6) is 1.08. The van der Waals surface area contributed by atoms with Crippen molar-refractivity contribution in [2.45, 2.75) is 69.6 Å². The molecular formula is C21H33NO4. The van der Waals surface area contributed by atoms with Crippen LogP contribution in [0.25, 0.3) is 0 Å². The number of nitrogens with zero attached hydrogens (tertiary/aromatic N) is 1. The molecule has 0 aromatic heterocycles. The first-order valence-electron chi connectivity index (χ1n) is 10.6. The van der Waals surface area contributed by atoms with E-state index < -0.39 is 0 Å². The Morgan fingerprint density at radius 2 is 2.15 bits per heavy atom. The van der Waals surface area contributed by atoms with Gasteiger partial charge in [0.15, 0.2) is 0 Å². The Balaban J connectivity index is 1.34. The number of methoxy groups -OCH3 is 1. The van der Waals surface area contributed by atoms with E-state index in [0.29, 0.717) is 17.9 Å². The summed E-state index contributed by atoms with van der Waals surface area (Å²) in [7, 11) is 1.77. The van der Waals surface area contributed by atoms with E-state index in [1.165, 1.54) is 32.1 Å². The van der Waals surface area contributed by atoms with Gasteiger partial charge < -0.3 is 14.2 Å². The maximum Gasteiger partial charge on any atom is 0.310 e. The standard InChI is InChI=1S/C21H33NO4/c1-20-6-4-7-21(13-25-21)18(20)9-15-16(19(23)26-17(15)10-20)11-22-8-3-5-14(22)12-24-2/h14-18H,3-13H2,1-2H3/t14-,15-,16-,17-,18+,20-,21-/m1/s1. The van der Waals surface area contributed by atoms with Crippen LogP contribution in [-0.4, -0.2) is 62.0 Å². The second-order valence-corrected chi connectivity index (χ2v) is 9.85. The summed E-state index contributed by atoms with van der Waals surface area (Å²) in [6.45, 7) is 6.07. The summed E-state index contributed by atoms with van der Waals surface area (Å²) in [4.78, 5) is 15.3. The topological polar surface area (TPSA) is 51.3 Å². The molecule has 0 unspecified atom stereocenters. The average molecular weight is 363 g/mol. The van der Waals surface area contributed by atoms with Crippen molar-refractivity contribution in [3.8, 4) is 0 Å². The van der Waals surface area contributed by atoms with Gasteiger partial charge >= 0.3 is 5.97 Å². The molecule has 3 aliphatic heterocycles. The molecule has 5 rings (SSSR count). The molecule has 5 heteroatoms. The number of hydrogen-bond acceptors (Lipinski definition) is 5. The van der Waals surface area contributed by atoms with Crippen LogP contribution in [-0.2, 0) is 19.0 Å². The maximum absolute atomic E-state index is 12.8. The number of esters is 1. The van der Waals surface area contributed by atoms with Gasteiger partial charge in [0.05, 0.1) is 24.7 Å². The summed E-state index contributed by atoms with van der Waals surface area (Å²) < 4.78 is 17.4. The lowest BCUT2D eigenvalue weighted by Crippen LogP contribution is -2.51. The van der Waals surface area contributed by atoms with E-state index in [9.17, 15) is 4.79 Å². The summed E-state index contributed by atoms with van der Waals surface area (Å²) in [6.07, 6.45) is 8.41. The van der Waals surface area contributed by atoms with Gasteiger partial charge in [-0.3, -0.25) is 9.69 Å². The minimum absolute atomic E-state index is 0.0414. The van der Waals surface area contributed by atoms with Crippen molar-refractivity contribution < 1.29 is 19.0 Å². The highest BCUT2D eigenvalue weighted by Crippen LogP contribution is 2.62. The van der Waals surface area contributed by atoms with E-state index in [4.69, 9.17) is 14.2 Å². The molecule has 2 saturated carbocycles. The van der Waals surface area contributed by atoms with Gasteiger partial charge in [-0.15, -0.1) is 0 Å². The number of carbonyl (C=O) groups excluding carboxylic acids is 1. The Morgan fingerprint density at radius 1 is 1.31 bits per heavy atom. The van der Waals surface area contributed by atoms with Crippen LogP contribution in [0.4, 0.5) is 0 Å². The first-order chi connectivity index (χ1) is 12.5. The molecule has 0 N–H and O–H groups in total. The lowest BCUT2D eigenvalue weighted by Gasteiger charge is -2.51. The van der Waals surface area contributed by atoms with Gasteiger partial charge in [0.25, 0.3) is 0 Å². The lowest BCUT2D eigenvalue weighted by molar-refractivity contribution is -0.147. The van der Waals surface area contributed by atoms with Gasteiger partial charge in [-0.1, -0.05) is 6.92 Å². The molecule has 1 spiro atoms. The molecule has 3 heterocycles. The maximum atomic E-state index is 12.8. The number of rotatable bonds is 4. The minimum Gasteiger partial charge on any atom is -0.462 e. The van der Waals surface area contributed by atoms with Crippen molar-refractivity contribution in [1.82, 2.24) is 4.90 Å². The highest BCUT2D eigenvalue weighted by atomic mass is 16.6. The number of fused-ring (bicyclic) bond motifs is 3. The third kappa shape index (κ3) is 2.65. The minimum atomic E-state index is 0.0414. The normalized spacial score (nSPS) is 50.5. The molecule has 0 bridgehead atoms. The van der Waals surface area contributed by atoms with E-state index in [0.717, 1.165) is 39.1 Å². The molecule has 7 atom stereocenters. The van der Waals surface area contributed by atoms with Crippen LogP contribution < -0.4 is 0 Å². The first kappa shape index (κ1) is 17.4. The van der Waals surface area contributed by atoms with Crippen LogP contribution in [0.3, 0.4) is 0 Å². The highest BCUT2D eigenvalue weighted by Gasteiger charge is 2.65. The number of carbonyl (C=O) groups is 1. The molecule has 3 saturated heterocycles. The number of likely N-dealkylation sites (tertiary alicyclic amines) is 1. The molecule has 2 aliphatic carbocycles. The molecule has 0 aromatic rings. The van der Waals surface area contributed by atoms with Crippen LogP contribution in [0, 0.1) is 23.2 Å². The van der Waals surface area contributed by atoms with Crippen LogP contribution in [0.15, 0.2) is 0 Å². The second-order valence-electron chi connectivity index (χ2n) is 9.85. The van der Waals surface area contributed by atoms with Crippen molar-refractivity contribution >= 4 is 5.97 Å². The largest absolute Gasteiger partial charge is 0.462 e. The number of hydrogen-bond donors (Lipinski definition) is 0. The van der Waals surface area contributed by atoms with Gasteiger partial charge in [0, 0.05) is 25.6 Å². The number of ether oxygens (including phenoxy) is 3. The fourth-order valence-electron chi connectivity index (χ4n) is 6.93. The van der Waals surface area contributed by atoms with Crippen molar-refractivity contribution in [1.29, 1.82) is 0 Å². The molecule has 5 aliphatic rings. The summed E-state index contributed by atoms with van der Waals surface area (Å²) in [6, 6.07) is 0.466. The lowest BCUT2D eigenvalue weighted by atomic mass is 9.53. The Bertz CT molecular complexity index is 576. The van der Waals surface area contributed by atoms with E-state index >= 15 is 0 Å². The third-order valence-corrected chi connectivity index (χ3v) is 8.37. The molecule has 5 nitrogen and oxygen atoms in total. The Hall–Kier alpha value is -0.650. The van der Waals surface area contributed by atoms with Gasteiger partial charge in [-0.25, -0.2) is 0 Å². The van der Waals surface area contributed by atoms with Crippen molar-refractivity contribution in [2.24, 2.45) is 23.2 Å². The quantitative estimate of drug-likeness (QED) is 0.568. The Kier molecular flexibility index (Phi) is 4.15. The average Bonchev–Trinajstić information content (AvgIpc) is 3.12. The summed E-state index contributed by atoms with van der Waals surface area (Å²) >= 11 is 0. The molecular weight excluding hydrogens is 330 g/mol. The van der Waals surface area contributed by atoms with Crippen LogP contribution in [0.2, 0.25) is 0 Å². The summed E-state index contributed by atoms with van der Waals surface area (Å²) in [5.41, 5.74) is 0.428. The molecule has 0 aromatic carbocycles. The van der Waals surface area contributed by atoms with Gasteiger partial charge in [0.2, 0.25) is 0 Å². The Labute approximate surface area is 156 Å². The van der Waals surface area contributed by atoms with Crippen molar-refractivity contribution in [2.75, 3.05) is 33.4 Å². The SMILES string of the molecule is COC[C@H]1CCCN1C[C@H]1C(=O)O[C@@H]2C[C@@]3(C)CCC[C@@]4(CO4)[C@H]3C[C@@H]21. The zero-order chi connectivity index (χ0) is 17.9. The second kappa shape index (κ2) is 6.18. The van der Waals surface area contributed by atoms with Gasteiger partial charge in [0.1, 0.15) is 6.10 Å². The Morgan fingerprint density at radius 3 is 2.92 bits per heavy atom. The molecule has 26 heavy (non-hydrogen) atoms. The van der Waals surface area contributed by atoms with Crippen LogP contribution in [0.5, 0.6) is 0 Å². The van der Waals surface area contributed by atoms with Crippen molar-refractivity contribution in [3.63, 3.8) is 0 Å². The smallest absolute Gasteiger partial charge is 0.310 e. The van der Waals surface area contributed by atoms with E-state index in [1.54, 1.807) is 7.11 Å². The monoisotopic (exact) mass is 363 g/mol. The summed E-state index contributed by atoms with van der Waals surface area (Å²) in [5, 5.41) is 0. The van der Waals surface area contributed by atoms with Gasteiger partial charge in [-0.2, -0.15) is 0 Å². The predicted octanol–water partition coefficient (Wildman–Crippen LogP) is 2.62. The van der Waals surface area contributed by atoms with E-state index in [2.05, 4.69) is 11.8 Å². The fraction of sp³-hybridized carbons (Fsp3) is 0.952. The van der Waals surface area contributed by atoms with Crippen molar-refractivity contribution in [3.05, 3.63) is 0 Å². The van der Waals surface area contributed by atoms with Crippen LogP contribution in [0.1, 0.15) is 51.9 Å². The molecule has 5 fully saturated rings. The molecule has 146 valence electrons. The fourth-order valence-corrected chi connectivity index (χ4v) is 6.93. The first-order valence-corrected chi connectivity index (χ1v) is 10.6. The zero-order valence-electron chi connectivity index (χ0n) is 16.2. The predicted molar refractivity (Wildman–Crippen MR) is 96.7 cm³/mol. The van der Waals surface area contributed by atoms with Gasteiger partial charge in [-0.05, 0) is 62.8 Å². The van der Waals surface area contributed by atoms with Crippen LogP contribution >= 0.6 is 0 Å². The molecule has 0 radical (unpaired) electrons.